The summed E-state index contributed by atoms with van der Waals surface area (Å²) in [6, 6.07) is 8.64. The summed E-state index contributed by atoms with van der Waals surface area (Å²) in [5.41, 5.74) is 1.97. The molecular weight excluding hydrogens is 250 g/mol. The van der Waals surface area contributed by atoms with Gasteiger partial charge >= 0.3 is 0 Å². The summed E-state index contributed by atoms with van der Waals surface area (Å²) in [5.74, 6) is 0.202. The van der Waals surface area contributed by atoms with Gasteiger partial charge in [-0.05, 0) is 45.2 Å². The molecule has 2 heterocycles. The lowest BCUT2D eigenvalue weighted by atomic mass is 9.97. The predicted molar refractivity (Wildman–Crippen MR) is 79.4 cm³/mol. The van der Waals surface area contributed by atoms with Crippen LogP contribution in [-0.4, -0.2) is 32.4 Å². The summed E-state index contributed by atoms with van der Waals surface area (Å²) in [6.07, 6.45) is 5.21. The van der Waals surface area contributed by atoms with Crippen LogP contribution in [0.2, 0.25) is 0 Å². The molecule has 0 bridgehead atoms. The van der Waals surface area contributed by atoms with Crippen LogP contribution in [0.15, 0.2) is 30.6 Å². The van der Waals surface area contributed by atoms with Gasteiger partial charge in [-0.25, -0.2) is 4.98 Å². The van der Waals surface area contributed by atoms with Gasteiger partial charge in [-0.15, -0.1) is 0 Å². The molecule has 2 aromatic rings. The van der Waals surface area contributed by atoms with Gasteiger partial charge in [0.2, 0.25) is 5.91 Å². The van der Waals surface area contributed by atoms with Crippen LogP contribution < -0.4 is 0 Å². The van der Waals surface area contributed by atoms with E-state index in [9.17, 15) is 4.79 Å². The molecule has 0 aliphatic carbocycles. The maximum atomic E-state index is 12.6. The number of imidazole rings is 1. The van der Waals surface area contributed by atoms with Gasteiger partial charge in [0.05, 0.1) is 17.4 Å². The average Bonchev–Trinajstić information content (AvgIpc) is 2.82. The van der Waals surface area contributed by atoms with E-state index in [2.05, 4.69) is 23.7 Å². The summed E-state index contributed by atoms with van der Waals surface area (Å²) in [7, 11) is 0. The van der Waals surface area contributed by atoms with E-state index in [0.29, 0.717) is 18.6 Å². The number of nitrogens with zero attached hydrogens (tertiary/aromatic N) is 3. The number of piperidine rings is 1. The van der Waals surface area contributed by atoms with E-state index in [4.69, 9.17) is 0 Å². The van der Waals surface area contributed by atoms with Gasteiger partial charge in [0.1, 0.15) is 6.54 Å². The molecule has 1 aliphatic heterocycles. The number of hydrogen-bond donors (Lipinski definition) is 0. The SMILES string of the molecule is CC1CCCC(C)N1C(=O)Cn1cnc2ccccc21. The van der Waals surface area contributed by atoms with Gasteiger partial charge in [0.25, 0.3) is 0 Å². The Labute approximate surface area is 119 Å². The van der Waals surface area contributed by atoms with Gasteiger partial charge in [-0.3, -0.25) is 4.79 Å². The van der Waals surface area contributed by atoms with Gasteiger partial charge < -0.3 is 9.47 Å². The van der Waals surface area contributed by atoms with E-state index in [1.54, 1.807) is 6.33 Å². The zero-order valence-corrected chi connectivity index (χ0v) is 12.1. The molecule has 4 nitrogen and oxygen atoms in total. The Morgan fingerprint density at radius 1 is 1.25 bits per heavy atom. The van der Waals surface area contributed by atoms with Crippen molar-refractivity contribution in [3.63, 3.8) is 0 Å². The number of hydrogen-bond acceptors (Lipinski definition) is 2. The maximum Gasteiger partial charge on any atom is 0.243 e. The topological polar surface area (TPSA) is 38.1 Å². The Balaban J connectivity index is 1.81. The lowest BCUT2D eigenvalue weighted by Crippen LogP contribution is -2.48. The molecular formula is C16H21N3O. The largest absolute Gasteiger partial charge is 0.336 e. The van der Waals surface area contributed by atoms with Crippen molar-refractivity contribution in [3.05, 3.63) is 30.6 Å². The molecule has 1 aromatic heterocycles. The van der Waals surface area contributed by atoms with Crippen molar-refractivity contribution in [2.45, 2.75) is 51.7 Å². The summed E-state index contributed by atoms with van der Waals surface area (Å²) in [5, 5.41) is 0. The average molecular weight is 271 g/mol. The second kappa shape index (κ2) is 5.27. The van der Waals surface area contributed by atoms with Gasteiger partial charge in [0.15, 0.2) is 0 Å². The van der Waals surface area contributed by atoms with Crippen molar-refractivity contribution in [2.24, 2.45) is 0 Å². The van der Waals surface area contributed by atoms with E-state index in [0.717, 1.165) is 23.9 Å². The van der Waals surface area contributed by atoms with Gasteiger partial charge in [-0.1, -0.05) is 12.1 Å². The zero-order valence-electron chi connectivity index (χ0n) is 12.1. The van der Waals surface area contributed by atoms with Crippen LogP contribution in [0.5, 0.6) is 0 Å². The van der Waals surface area contributed by atoms with Crippen LogP contribution in [-0.2, 0) is 11.3 Å². The minimum atomic E-state index is 0.202. The fourth-order valence-corrected chi connectivity index (χ4v) is 3.28. The second-order valence-corrected chi connectivity index (χ2v) is 5.79. The third kappa shape index (κ3) is 2.30. The number of para-hydroxylation sites is 2. The van der Waals surface area contributed by atoms with Crippen molar-refractivity contribution < 1.29 is 4.79 Å². The summed E-state index contributed by atoms with van der Waals surface area (Å²) in [4.78, 5) is 19.0. The van der Waals surface area contributed by atoms with Crippen molar-refractivity contribution in [1.82, 2.24) is 14.5 Å². The molecule has 0 spiro atoms. The first kappa shape index (κ1) is 13.2. The van der Waals surface area contributed by atoms with Gasteiger partial charge in [0, 0.05) is 12.1 Å². The summed E-state index contributed by atoms with van der Waals surface area (Å²) in [6.45, 7) is 4.69. The molecule has 20 heavy (non-hydrogen) atoms. The highest BCUT2D eigenvalue weighted by atomic mass is 16.2. The number of benzene rings is 1. The van der Waals surface area contributed by atoms with Crippen LogP contribution in [0, 0.1) is 0 Å². The third-order valence-corrected chi connectivity index (χ3v) is 4.31. The van der Waals surface area contributed by atoms with Crippen LogP contribution in [0.25, 0.3) is 11.0 Å². The fraction of sp³-hybridized carbons (Fsp3) is 0.500. The highest BCUT2D eigenvalue weighted by Gasteiger charge is 2.28. The lowest BCUT2D eigenvalue weighted by Gasteiger charge is -2.39. The molecule has 3 rings (SSSR count). The quantitative estimate of drug-likeness (QED) is 0.842. The molecule has 0 N–H and O–H groups in total. The number of carbonyl (C=O) groups is 1. The molecule has 2 unspecified atom stereocenters. The van der Waals surface area contributed by atoms with E-state index >= 15 is 0 Å². The molecule has 4 heteroatoms. The van der Waals surface area contributed by atoms with Crippen LogP contribution in [0.3, 0.4) is 0 Å². The summed E-state index contributed by atoms with van der Waals surface area (Å²) >= 11 is 0. The molecule has 1 aromatic carbocycles. The Hall–Kier alpha value is -1.84. The molecule has 1 amide bonds. The number of amides is 1. The number of aromatic nitrogens is 2. The first-order valence-corrected chi connectivity index (χ1v) is 7.38. The molecule has 0 saturated carbocycles. The minimum absolute atomic E-state index is 0.202. The normalized spacial score (nSPS) is 23.2. The number of likely N-dealkylation sites (tertiary alicyclic amines) is 1. The van der Waals surface area contributed by atoms with E-state index < -0.39 is 0 Å². The molecule has 1 fully saturated rings. The van der Waals surface area contributed by atoms with Crippen molar-refractivity contribution in [3.8, 4) is 0 Å². The number of carbonyl (C=O) groups excluding carboxylic acids is 1. The zero-order chi connectivity index (χ0) is 14.1. The Morgan fingerprint density at radius 2 is 1.95 bits per heavy atom. The minimum Gasteiger partial charge on any atom is -0.336 e. The molecule has 0 radical (unpaired) electrons. The fourth-order valence-electron chi connectivity index (χ4n) is 3.28. The van der Waals surface area contributed by atoms with Crippen molar-refractivity contribution >= 4 is 16.9 Å². The maximum absolute atomic E-state index is 12.6. The van der Waals surface area contributed by atoms with Crippen LogP contribution >= 0.6 is 0 Å². The smallest absolute Gasteiger partial charge is 0.243 e. The second-order valence-electron chi connectivity index (χ2n) is 5.79. The Kier molecular flexibility index (Phi) is 3.47. The lowest BCUT2D eigenvalue weighted by molar-refractivity contribution is -0.137. The number of fused-ring (bicyclic) bond motifs is 1. The highest BCUT2D eigenvalue weighted by Crippen LogP contribution is 2.23. The molecule has 1 aliphatic rings. The Morgan fingerprint density at radius 3 is 2.70 bits per heavy atom. The molecule has 2 atom stereocenters. The van der Waals surface area contributed by atoms with Crippen LogP contribution in [0.4, 0.5) is 0 Å². The standard InChI is InChI=1S/C16H21N3O/c1-12-6-5-7-13(2)19(12)16(20)10-18-11-17-14-8-3-4-9-15(14)18/h3-4,8-9,11-13H,5-7,10H2,1-2H3. The van der Waals surface area contributed by atoms with Crippen molar-refractivity contribution in [1.29, 1.82) is 0 Å². The highest BCUT2D eigenvalue weighted by molar-refractivity contribution is 5.81. The summed E-state index contributed by atoms with van der Waals surface area (Å²) < 4.78 is 1.95. The van der Waals surface area contributed by atoms with E-state index in [-0.39, 0.29) is 5.91 Å². The van der Waals surface area contributed by atoms with Gasteiger partial charge in [-0.2, -0.15) is 0 Å². The first-order valence-electron chi connectivity index (χ1n) is 7.38. The number of rotatable bonds is 2. The third-order valence-electron chi connectivity index (χ3n) is 4.31. The van der Waals surface area contributed by atoms with E-state index in [1.165, 1.54) is 6.42 Å². The predicted octanol–water partition coefficient (Wildman–Crippen LogP) is 2.83. The first-order chi connectivity index (χ1) is 9.66. The van der Waals surface area contributed by atoms with E-state index in [1.807, 2.05) is 28.8 Å². The van der Waals surface area contributed by atoms with Crippen LogP contribution in [0.1, 0.15) is 33.1 Å². The Bertz CT molecular complexity index is 609. The van der Waals surface area contributed by atoms with Crippen molar-refractivity contribution in [2.75, 3.05) is 0 Å². The molecule has 1 saturated heterocycles. The monoisotopic (exact) mass is 271 g/mol. The molecule has 106 valence electrons.